The van der Waals surface area contributed by atoms with Gasteiger partial charge < -0.3 is 5.32 Å². The number of nitrogens with one attached hydrogen (secondary N) is 2. The highest BCUT2D eigenvalue weighted by atomic mass is 15.3. The molecule has 0 aliphatic carbocycles. The first-order valence-electron chi connectivity index (χ1n) is 4.27. The summed E-state index contributed by atoms with van der Waals surface area (Å²) in [6.45, 7) is 6.40. The van der Waals surface area contributed by atoms with Gasteiger partial charge in [-0.25, -0.2) is 5.84 Å². The fourth-order valence-electron chi connectivity index (χ4n) is 1.16. The van der Waals surface area contributed by atoms with Gasteiger partial charge in [0, 0.05) is 12.6 Å². The van der Waals surface area contributed by atoms with Gasteiger partial charge in [-0.2, -0.15) is 0 Å². The second-order valence-electron chi connectivity index (χ2n) is 3.48. The average Bonchev–Trinajstić information content (AvgIpc) is 2.00. The van der Waals surface area contributed by atoms with E-state index in [1.165, 1.54) is 0 Å². The fourth-order valence-corrected chi connectivity index (χ4v) is 1.16. The largest absolute Gasteiger partial charge is 0.350 e. The molecule has 12 heavy (non-hydrogen) atoms. The van der Waals surface area contributed by atoms with Crippen molar-refractivity contribution >= 4 is 5.96 Å². The van der Waals surface area contributed by atoms with Crippen molar-refractivity contribution in [1.82, 2.24) is 10.7 Å². The monoisotopic (exact) mass is 172 g/mol. The molecule has 0 aliphatic rings. The molecule has 0 saturated carbocycles. The van der Waals surface area contributed by atoms with Crippen molar-refractivity contribution in [2.75, 3.05) is 7.05 Å². The summed E-state index contributed by atoms with van der Waals surface area (Å²) in [6.07, 6.45) is 2.23. The van der Waals surface area contributed by atoms with Crippen LogP contribution in [0.5, 0.6) is 0 Å². The summed E-state index contributed by atoms with van der Waals surface area (Å²) in [5.41, 5.74) is 2.56. The fraction of sp³-hybridized carbons (Fsp3) is 0.875. The Balaban J connectivity index is 4.03. The summed E-state index contributed by atoms with van der Waals surface area (Å²) >= 11 is 0. The number of rotatable bonds is 3. The zero-order chi connectivity index (χ0) is 9.61. The van der Waals surface area contributed by atoms with E-state index in [1.807, 2.05) is 0 Å². The number of nitrogens with zero attached hydrogens (tertiary/aromatic N) is 1. The second kappa shape index (κ2) is 4.98. The highest BCUT2D eigenvalue weighted by Crippen LogP contribution is 2.09. The maximum absolute atomic E-state index is 5.24. The highest BCUT2D eigenvalue weighted by molar-refractivity contribution is 5.79. The van der Waals surface area contributed by atoms with Crippen molar-refractivity contribution in [3.05, 3.63) is 0 Å². The van der Waals surface area contributed by atoms with E-state index < -0.39 is 0 Å². The normalized spacial score (nSPS) is 12.9. The summed E-state index contributed by atoms with van der Waals surface area (Å²) in [7, 11) is 1.70. The van der Waals surface area contributed by atoms with Gasteiger partial charge in [0.15, 0.2) is 0 Å². The molecule has 0 aromatic heterocycles. The molecule has 72 valence electrons. The van der Waals surface area contributed by atoms with Crippen molar-refractivity contribution < 1.29 is 0 Å². The van der Waals surface area contributed by atoms with E-state index >= 15 is 0 Å². The lowest BCUT2D eigenvalue weighted by Crippen LogP contribution is -2.51. The Morgan fingerprint density at radius 1 is 1.50 bits per heavy atom. The van der Waals surface area contributed by atoms with Crippen LogP contribution in [0.4, 0.5) is 0 Å². The molecule has 0 bridgehead atoms. The van der Waals surface area contributed by atoms with Gasteiger partial charge in [-0.15, -0.1) is 0 Å². The first-order valence-corrected chi connectivity index (χ1v) is 4.27. The minimum atomic E-state index is 0.0516. The quantitative estimate of drug-likeness (QED) is 0.253. The van der Waals surface area contributed by atoms with E-state index in [0.717, 1.165) is 12.8 Å². The molecule has 0 aromatic rings. The predicted octanol–water partition coefficient (Wildman–Crippen LogP) is 0.604. The minimum absolute atomic E-state index is 0.0516. The van der Waals surface area contributed by atoms with E-state index in [1.54, 1.807) is 7.05 Å². The molecule has 0 aromatic carbocycles. The van der Waals surface area contributed by atoms with Crippen molar-refractivity contribution in [2.45, 2.75) is 39.2 Å². The molecule has 0 unspecified atom stereocenters. The molecule has 0 fully saturated rings. The molecule has 0 radical (unpaired) electrons. The van der Waals surface area contributed by atoms with Gasteiger partial charge in [0.25, 0.3) is 0 Å². The van der Waals surface area contributed by atoms with E-state index in [4.69, 9.17) is 5.84 Å². The third-order valence-corrected chi connectivity index (χ3v) is 1.69. The van der Waals surface area contributed by atoms with E-state index in [9.17, 15) is 0 Å². The molecule has 0 atom stereocenters. The molecule has 0 amide bonds. The number of guanidine groups is 1. The topological polar surface area (TPSA) is 62.4 Å². The molecule has 4 heteroatoms. The van der Waals surface area contributed by atoms with Crippen LogP contribution in [0.1, 0.15) is 33.6 Å². The van der Waals surface area contributed by atoms with Crippen LogP contribution in [0.2, 0.25) is 0 Å². The summed E-state index contributed by atoms with van der Waals surface area (Å²) in [4.78, 5) is 3.94. The van der Waals surface area contributed by atoms with Crippen molar-refractivity contribution in [3.8, 4) is 0 Å². The minimum Gasteiger partial charge on any atom is -0.350 e. The second-order valence-corrected chi connectivity index (χ2v) is 3.48. The van der Waals surface area contributed by atoms with Gasteiger partial charge >= 0.3 is 0 Å². The average molecular weight is 172 g/mol. The summed E-state index contributed by atoms with van der Waals surface area (Å²) < 4.78 is 0. The van der Waals surface area contributed by atoms with Gasteiger partial charge in [0.2, 0.25) is 5.96 Å². The zero-order valence-corrected chi connectivity index (χ0v) is 8.44. The Labute approximate surface area is 74.6 Å². The molecular weight excluding hydrogens is 152 g/mol. The number of nitrogens with two attached hydrogens (primary N) is 1. The van der Waals surface area contributed by atoms with Crippen molar-refractivity contribution in [2.24, 2.45) is 10.8 Å². The number of aliphatic imine (C=N–C) groups is 1. The number of hydrazine groups is 1. The van der Waals surface area contributed by atoms with Crippen LogP contribution in [0.3, 0.4) is 0 Å². The molecular formula is C8H20N4. The number of hydrogen-bond acceptors (Lipinski definition) is 2. The molecule has 4 nitrogen and oxygen atoms in total. The summed E-state index contributed by atoms with van der Waals surface area (Å²) in [6, 6.07) is 0. The Morgan fingerprint density at radius 3 is 2.42 bits per heavy atom. The molecule has 0 rings (SSSR count). The van der Waals surface area contributed by atoms with Crippen LogP contribution in [0.15, 0.2) is 4.99 Å². The van der Waals surface area contributed by atoms with Crippen LogP contribution in [-0.2, 0) is 0 Å². The van der Waals surface area contributed by atoms with Gasteiger partial charge in [-0.1, -0.05) is 13.3 Å². The van der Waals surface area contributed by atoms with Crippen LogP contribution >= 0.6 is 0 Å². The zero-order valence-electron chi connectivity index (χ0n) is 8.44. The maximum atomic E-state index is 5.24. The smallest absolute Gasteiger partial charge is 0.205 e. The predicted molar refractivity (Wildman–Crippen MR) is 52.8 cm³/mol. The first kappa shape index (κ1) is 11.2. The molecule has 4 N–H and O–H groups in total. The van der Waals surface area contributed by atoms with Crippen molar-refractivity contribution in [3.63, 3.8) is 0 Å². The number of hydrogen-bond donors (Lipinski definition) is 3. The SMILES string of the molecule is CCCC(C)(C)NC(=NC)NN. The Bertz CT molecular complexity index is 151. The molecule has 0 aliphatic heterocycles. The van der Waals surface area contributed by atoms with E-state index in [-0.39, 0.29) is 5.54 Å². The van der Waals surface area contributed by atoms with Gasteiger partial charge in [0.05, 0.1) is 0 Å². The lowest BCUT2D eigenvalue weighted by atomic mass is 9.99. The Hall–Kier alpha value is -0.770. The third kappa shape index (κ3) is 4.18. The van der Waals surface area contributed by atoms with Gasteiger partial charge in [-0.05, 0) is 20.3 Å². The molecule has 0 spiro atoms. The van der Waals surface area contributed by atoms with Gasteiger partial charge in [0.1, 0.15) is 0 Å². The third-order valence-electron chi connectivity index (χ3n) is 1.69. The molecule has 0 heterocycles. The lowest BCUT2D eigenvalue weighted by molar-refractivity contribution is 0.415. The Morgan fingerprint density at radius 2 is 2.08 bits per heavy atom. The Kier molecular flexibility index (Phi) is 4.66. The highest BCUT2D eigenvalue weighted by Gasteiger charge is 2.16. The molecule has 0 saturated heterocycles. The summed E-state index contributed by atoms with van der Waals surface area (Å²) in [5.74, 6) is 5.88. The van der Waals surface area contributed by atoms with Crippen LogP contribution in [0.25, 0.3) is 0 Å². The van der Waals surface area contributed by atoms with Crippen LogP contribution in [-0.4, -0.2) is 18.5 Å². The van der Waals surface area contributed by atoms with E-state index in [2.05, 4.69) is 36.5 Å². The maximum Gasteiger partial charge on any atom is 0.205 e. The van der Waals surface area contributed by atoms with Crippen LogP contribution < -0.4 is 16.6 Å². The standard InChI is InChI=1S/C8H20N4/c1-5-6-8(2,3)11-7(10-4)12-9/h5-6,9H2,1-4H3,(H2,10,11,12). The van der Waals surface area contributed by atoms with Crippen molar-refractivity contribution in [1.29, 1.82) is 0 Å². The van der Waals surface area contributed by atoms with Crippen LogP contribution in [0, 0.1) is 0 Å². The van der Waals surface area contributed by atoms with E-state index in [0.29, 0.717) is 5.96 Å². The summed E-state index contributed by atoms with van der Waals surface area (Å²) in [5, 5.41) is 3.21. The first-order chi connectivity index (χ1) is 5.55. The lowest BCUT2D eigenvalue weighted by Gasteiger charge is -2.27. The van der Waals surface area contributed by atoms with Gasteiger partial charge in [-0.3, -0.25) is 10.4 Å².